The molecule has 0 saturated carbocycles. The molecule has 1 aliphatic carbocycles. The Kier molecular flexibility index (Phi) is 7.24. The molecule has 0 amide bonds. The lowest BCUT2D eigenvalue weighted by atomic mass is 9.88. The van der Waals surface area contributed by atoms with Crippen LogP contribution < -0.4 is 4.90 Å². The minimum atomic E-state index is 0.338. The predicted molar refractivity (Wildman–Crippen MR) is 145 cm³/mol. The molecule has 4 rings (SSSR count). The first-order chi connectivity index (χ1) is 16.1. The summed E-state index contributed by atoms with van der Waals surface area (Å²) in [5, 5.41) is 2.53. The van der Waals surface area contributed by atoms with E-state index < -0.39 is 0 Å². The monoisotopic (exact) mass is 434 g/mol. The van der Waals surface area contributed by atoms with Crippen molar-refractivity contribution in [3.8, 4) is 0 Å². The first kappa shape index (κ1) is 22.8. The van der Waals surface area contributed by atoms with E-state index in [-0.39, 0.29) is 0 Å². The molecule has 168 valence electrons. The van der Waals surface area contributed by atoms with E-state index in [0.29, 0.717) is 6.04 Å². The average molecular weight is 435 g/mol. The number of anilines is 1. The third-order valence-corrected chi connectivity index (χ3v) is 6.46. The zero-order valence-corrected chi connectivity index (χ0v) is 20.3. The summed E-state index contributed by atoms with van der Waals surface area (Å²) < 4.78 is 0. The Morgan fingerprint density at radius 1 is 0.788 bits per heavy atom. The summed E-state index contributed by atoms with van der Waals surface area (Å²) >= 11 is 0. The Hall–Kier alpha value is -3.39. The van der Waals surface area contributed by atoms with Gasteiger partial charge in [-0.2, -0.15) is 0 Å². The fraction of sp³-hybridized carbons (Fsp3) is 0.258. The van der Waals surface area contributed by atoms with Crippen LogP contribution >= 0.6 is 0 Å². The van der Waals surface area contributed by atoms with Gasteiger partial charge in [0.15, 0.2) is 0 Å². The van der Waals surface area contributed by atoms with Crippen molar-refractivity contribution < 1.29 is 0 Å². The molecule has 1 atom stereocenters. The fourth-order valence-electron chi connectivity index (χ4n) is 4.41. The first-order valence-electron chi connectivity index (χ1n) is 12.2. The second kappa shape index (κ2) is 10.5. The number of aliphatic imine (C=N–C) groups is 1. The molecule has 0 fully saturated rings. The maximum Gasteiger partial charge on any atom is 0.0577 e. The molecule has 0 aromatic heterocycles. The van der Waals surface area contributed by atoms with Crippen molar-refractivity contribution in [2.75, 3.05) is 18.0 Å². The highest BCUT2D eigenvalue weighted by molar-refractivity contribution is 6.08. The molecule has 1 unspecified atom stereocenters. The topological polar surface area (TPSA) is 15.6 Å². The standard InChI is InChI=1S/C31H34N2/c1-5-23(4)32-27-19-15-25(16-20-27)31(26-17-21-28(22-18-26)33(6-2)7-3)30-14-10-12-24-11-8-9-13-29(24)30/h8-23H,5-7H2,1-4H3. The Morgan fingerprint density at radius 2 is 1.45 bits per heavy atom. The molecule has 2 nitrogen and oxygen atoms in total. The summed E-state index contributed by atoms with van der Waals surface area (Å²) in [6, 6.07) is 24.6. The van der Waals surface area contributed by atoms with Crippen molar-refractivity contribution >= 4 is 27.7 Å². The maximum atomic E-state index is 4.81. The molecule has 0 N–H and O–H groups in total. The summed E-state index contributed by atoms with van der Waals surface area (Å²) in [6.45, 7) is 10.8. The molecular formula is C31H34N2. The Bertz CT molecular complexity index is 1200. The number of hydrogen-bond donors (Lipinski definition) is 0. The highest BCUT2D eigenvalue weighted by atomic mass is 15.1. The summed E-state index contributed by atoms with van der Waals surface area (Å²) in [4.78, 5) is 7.19. The quantitative estimate of drug-likeness (QED) is 0.369. The van der Waals surface area contributed by atoms with Gasteiger partial charge in [0.05, 0.1) is 5.71 Å². The van der Waals surface area contributed by atoms with Gasteiger partial charge >= 0.3 is 0 Å². The van der Waals surface area contributed by atoms with Crippen LogP contribution in [0.1, 0.15) is 45.2 Å². The molecule has 0 bridgehead atoms. The van der Waals surface area contributed by atoms with Crippen LogP contribution in [0.5, 0.6) is 0 Å². The van der Waals surface area contributed by atoms with Gasteiger partial charge in [0, 0.05) is 24.8 Å². The van der Waals surface area contributed by atoms with E-state index >= 15 is 0 Å². The zero-order chi connectivity index (χ0) is 23.2. The van der Waals surface area contributed by atoms with E-state index in [1.165, 1.54) is 38.7 Å². The number of fused-ring (bicyclic) bond motifs is 1. The maximum absolute atomic E-state index is 4.81. The largest absolute Gasteiger partial charge is 0.372 e. The third kappa shape index (κ3) is 5.01. The normalized spacial score (nSPS) is 13.9. The van der Waals surface area contributed by atoms with E-state index in [1.807, 2.05) is 0 Å². The van der Waals surface area contributed by atoms with Crippen LogP contribution in [0.3, 0.4) is 0 Å². The summed E-state index contributed by atoms with van der Waals surface area (Å²) in [6.07, 6.45) is 9.79. The Morgan fingerprint density at radius 3 is 2.12 bits per heavy atom. The lowest BCUT2D eigenvalue weighted by Crippen LogP contribution is -2.21. The van der Waals surface area contributed by atoms with Gasteiger partial charge < -0.3 is 4.90 Å². The SMILES string of the molecule is CCC(C)N=C1C=CC(=C(c2ccc(N(CC)CC)cc2)c2cccc3ccccc23)C=C1. The van der Waals surface area contributed by atoms with Crippen molar-refractivity contribution in [3.05, 3.63) is 108 Å². The van der Waals surface area contributed by atoms with Crippen molar-refractivity contribution in [1.29, 1.82) is 0 Å². The van der Waals surface area contributed by atoms with Gasteiger partial charge in [0.25, 0.3) is 0 Å². The van der Waals surface area contributed by atoms with Crippen LogP contribution in [0.15, 0.2) is 102 Å². The molecule has 0 spiro atoms. The van der Waals surface area contributed by atoms with Crippen LogP contribution in [0.2, 0.25) is 0 Å². The highest BCUT2D eigenvalue weighted by Gasteiger charge is 2.14. The predicted octanol–water partition coefficient (Wildman–Crippen LogP) is 7.85. The van der Waals surface area contributed by atoms with Crippen LogP contribution in [0.25, 0.3) is 16.3 Å². The third-order valence-electron chi connectivity index (χ3n) is 6.46. The number of benzene rings is 3. The smallest absolute Gasteiger partial charge is 0.0577 e. The van der Waals surface area contributed by atoms with Crippen LogP contribution in [-0.2, 0) is 0 Å². The number of nitrogens with zero attached hydrogens (tertiary/aromatic N) is 2. The van der Waals surface area contributed by atoms with Gasteiger partial charge in [0.1, 0.15) is 0 Å². The molecule has 3 aromatic rings. The molecule has 2 heteroatoms. The molecule has 1 aliphatic rings. The van der Waals surface area contributed by atoms with Gasteiger partial charge in [-0.1, -0.05) is 73.7 Å². The van der Waals surface area contributed by atoms with Crippen molar-refractivity contribution in [2.24, 2.45) is 4.99 Å². The molecule has 33 heavy (non-hydrogen) atoms. The summed E-state index contributed by atoms with van der Waals surface area (Å²) in [7, 11) is 0. The van der Waals surface area contributed by atoms with E-state index in [0.717, 1.165) is 25.2 Å². The van der Waals surface area contributed by atoms with Crippen molar-refractivity contribution in [2.45, 2.75) is 40.2 Å². The Balaban J connectivity index is 1.86. The van der Waals surface area contributed by atoms with Gasteiger partial charge in [-0.25, -0.2) is 0 Å². The zero-order valence-electron chi connectivity index (χ0n) is 20.3. The molecule has 0 radical (unpaired) electrons. The van der Waals surface area contributed by atoms with Crippen LogP contribution in [0, 0.1) is 0 Å². The van der Waals surface area contributed by atoms with E-state index in [9.17, 15) is 0 Å². The van der Waals surface area contributed by atoms with Gasteiger partial charge in [-0.05, 0) is 84.5 Å². The number of allylic oxidation sites excluding steroid dienone is 5. The van der Waals surface area contributed by atoms with E-state index in [2.05, 4.69) is 124 Å². The van der Waals surface area contributed by atoms with E-state index in [4.69, 9.17) is 4.99 Å². The van der Waals surface area contributed by atoms with Gasteiger partial charge in [-0.15, -0.1) is 0 Å². The van der Waals surface area contributed by atoms with Crippen molar-refractivity contribution in [3.63, 3.8) is 0 Å². The van der Waals surface area contributed by atoms with E-state index in [1.54, 1.807) is 0 Å². The molecule has 0 aliphatic heterocycles. The minimum absolute atomic E-state index is 0.338. The molecule has 0 heterocycles. The van der Waals surface area contributed by atoms with Gasteiger partial charge in [0.2, 0.25) is 0 Å². The second-order valence-electron chi connectivity index (χ2n) is 8.55. The summed E-state index contributed by atoms with van der Waals surface area (Å²) in [5.74, 6) is 0. The fourth-order valence-corrected chi connectivity index (χ4v) is 4.41. The average Bonchev–Trinajstić information content (AvgIpc) is 2.87. The molecule has 3 aromatic carbocycles. The molecule has 0 saturated heterocycles. The second-order valence-corrected chi connectivity index (χ2v) is 8.55. The lowest BCUT2D eigenvalue weighted by Gasteiger charge is -2.22. The van der Waals surface area contributed by atoms with Gasteiger partial charge in [-0.3, -0.25) is 4.99 Å². The summed E-state index contributed by atoms with van der Waals surface area (Å²) in [5.41, 5.74) is 7.27. The van der Waals surface area contributed by atoms with Crippen LogP contribution in [0.4, 0.5) is 5.69 Å². The number of hydrogen-bond acceptors (Lipinski definition) is 2. The molecular weight excluding hydrogens is 400 g/mol. The Labute approximate surface area is 198 Å². The van der Waals surface area contributed by atoms with Crippen molar-refractivity contribution in [1.82, 2.24) is 0 Å². The van der Waals surface area contributed by atoms with Crippen LogP contribution in [-0.4, -0.2) is 24.8 Å². The minimum Gasteiger partial charge on any atom is -0.372 e. The lowest BCUT2D eigenvalue weighted by molar-refractivity contribution is 0.718. The number of rotatable bonds is 7. The first-order valence-corrected chi connectivity index (χ1v) is 12.2. The highest BCUT2D eigenvalue weighted by Crippen LogP contribution is 2.35.